The molecule has 0 spiro atoms. The summed E-state index contributed by atoms with van der Waals surface area (Å²) in [6.07, 6.45) is 0. The fourth-order valence-electron chi connectivity index (χ4n) is 2.02. The summed E-state index contributed by atoms with van der Waals surface area (Å²) in [6.45, 7) is 1.81. The van der Waals surface area contributed by atoms with Crippen LogP contribution in [-0.2, 0) is 16.1 Å². The molecule has 0 saturated carbocycles. The second kappa shape index (κ2) is 7.82. The van der Waals surface area contributed by atoms with Gasteiger partial charge in [-0.1, -0.05) is 41.9 Å². The number of hydrogen-bond acceptors (Lipinski definition) is 4. The SMILES string of the molecule is CCOC(=O)COc1cccc(-c2cccc(CO)c2Cl)c1. The zero-order chi connectivity index (χ0) is 15.9. The summed E-state index contributed by atoms with van der Waals surface area (Å²) in [6, 6.07) is 12.7. The number of esters is 1. The zero-order valence-corrected chi connectivity index (χ0v) is 13.0. The fourth-order valence-corrected chi connectivity index (χ4v) is 2.32. The van der Waals surface area contributed by atoms with Gasteiger partial charge in [0.2, 0.25) is 0 Å². The Balaban J connectivity index is 2.20. The Morgan fingerprint density at radius 3 is 2.73 bits per heavy atom. The highest BCUT2D eigenvalue weighted by molar-refractivity contribution is 6.34. The number of benzene rings is 2. The van der Waals surface area contributed by atoms with Crippen molar-refractivity contribution in [2.24, 2.45) is 0 Å². The number of halogens is 1. The van der Waals surface area contributed by atoms with Gasteiger partial charge in [-0.2, -0.15) is 0 Å². The van der Waals surface area contributed by atoms with Gasteiger partial charge >= 0.3 is 5.97 Å². The minimum atomic E-state index is -0.409. The van der Waals surface area contributed by atoms with E-state index in [1.54, 1.807) is 25.1 Å². The molecule has 0 atom stereocenters. The highest BCUT2D eigenvalue weighted by Gasteiger charge is 2.09. The summed E-state index contributed by atoms with van der Waals surface area (Å²) in [5, 5.41) is 9.79. The number of rotatable bonds is 6. The number of aliphatic hydroxyl groups excluding tert-OH is 1. The summed E-state index contributed by atoms with van der Waals surface area (Å²) in [5.41, 5.74) is 2.31. The molecule has 0 aliphatic carbocycles. The van der Waals surface area contributed by atoms with Crippen LogP contribution >= 0.6 is 11.6 Å². The van der Waals surface area contributed by atoms with E-state index in [-0.39, 0.29) is 13.2 Å². The van der Waals surface area contributed by atoms with Gasteiger partial charge in [-0.15, -0.1) is 0 Å². The van der Waals surface area contributed by atoms with E-state index in [0.717, 1.165) is 11.1 Å². The normalized spacial score (nSPS) is 10.3. The third kappa shape index (κ3) is 4.00. The molecule has 22 heavy (non-hydrogen) atoms. The Morgan fingerprint density at radius 2 is 2.00 bits per heavy atom. The molecule has 2 aromatic carbocycles. The number of carbonyl (C=O) groups is 1. The molecule has 0 aromatic heterocycles. The van der Waals surface area contributed by atoms with Crippen molar-refractivity contribution < 1.29 is 19.4 Å². The number of aliphatic hydroxyl groups is 1. The standard InChI is InChI=1S/C17H17ClO4/c1-2-21-16(20)11-22-14-7-3-5-12(9-14)15-8-4-6-13(10-19)17(15)18/h3-9,19H,2,10-11H2,1H3. The van der Waals surface area contributed by atoms with Crippen molar-refractivity contribution in [1.82, 2.24) is 0 Å². The van der Waals surface area contributed by atoms with Crippen LogP contribution in [0, 0.1) is 0 Å². The maximum absolute atomic E-state index is 11.3. The van der Waals surface area contributed by atoms with Crippen molar-refractivity contribution in [3.05, 3.63) is 53.1 Å². The van der Waals surface area contributed by atoms with Crippen LogP contribution in [0.4, 0.5) is 0 Å². The number of hydrogen-bond donors (Lipinski definition) is 1. The number of carbonyl (C=O) groups excluding carboxylic acids is 1. The molecule has 0 heterocycles. The van der Waals surface area contributed by atoms with Crippen LogP contribution in [0.25, 0.3) is 11.1 Å². The average molecular weight is 321 g/mol. The van der Waals surface area contributed by atoms with Crippen LogP contribution in [0.5, 0.6) is 5.75 Å². The Kier molecular flexibility index (Phi) is 5.81. The first kappa shape index (κ1) is 16.3. The van der Waals surface area contributed by atoms with Crippen molar-refractivity contribution in [3.63, 3.8) is 0 Å². The molecule has 116 valence electrons. The molecule has 0 amide bonds. The quantitative estimate of drug-likeness (QED) is 0.828. The van der Waals surface area contributed by atoms with Crippen LogP contribution in [0.2, 0.25) is 5.02 Å². The summed E-state index contributed by atoms with van der Waals surface area (Å²) in [7, 11) is 0. The molecule has 0 aliphatic heterocycles. The molecule has 5 heteroatoms. The summed E-state index contributed by atoms with van der Waals surface area (Å²) in [5.74, 6) is 0.143. The maximum Gasteiger partial charge on any atom is 0.344 e. The molecule has 2 aromatic rings. The van der Waals surface area contributed by atoms with Gasteiger partial charge < -0.3 is 14.6 Å². The summed E-state index contributed by atoms with van der Waals surface area (Å²) < 4.78 is 10.2. The first-order chi connectivity index (χ1) is 10.7. The van der Waals surface area contributed by atoms with Crippen molar-refractivity contribution in [2.75, 3.05) is 13.2 Å². The van der Waals surface area contributed by atoms with Gasteiger partial charge in [-0.25, -0.2) is 4.79 Å². The molecule has 0 unspecified atom stereocenters. The Bertz CT molecular complexity index is 655. The first-order valence-electron chi connectivity index (χ1n) is 6.92. The Morgan fingerprint density at radius 1 is 1.23 bits per heavy atom. The van der Waals surface area contributed by atoms with E-state index in [9.17, 15) is 9.90 Å². The van der Waals surface area contributed by atoms with E-state index in [2.05, 4.69) is 0 Å². The molecule has 2 rings (SSSR count). The smallest absolute Gasteiger partial charge is 0.344 e. The van der Waals surface area contributed by atoms with E-state index in [4.69, 9.17) is 21.1 Å². The highest BCUT2D eigenvalue weighted by atomic mass is 35.5. The van der Waals surface area contributed by atoms with E-state index >= 15 is 0 Å². The van der Waals surface area contributed by atoms with Crippen LogP contribution in [0.15, 0.2) is 42.5 Å². The van der Waals surface area contributed by atoms with Crippen molar-refractivity contribution in [2.45, 2.75) is 13.5 Å². The second-order valence-corrected chi connectivity index (χ2v) is 4.94. The molecular formula is C17H17ClO4. The molecule has 0 aliphatic rings. The van der Waals surface area contributed by atoms with Gasteiger partial charge in [0.05, 0.1) is 18.2 Å². The lowest BCUT2D eigenvalue weighted by Crippen LogP contribution is -2.14. The fraction of sp³-hybridized carbons (Fsp3) is 0.235. The zero-order valence-electron chi connectivity index (χ0n) is 12.2. The van der Waals surface area contributed by atoms with E-state index < -0.39 is 5.97 Å². The van der Waals surface area contributed by atoms with Crippen LogP contribution in [-0.4, -0.2) is 24.3 Å². The van der Waals surface area contributed by atoms with Crippen LogP contribution in [0.1, 0.15) is 12.5 Å². The molecule has 0 radical (unpaired) electrons. The minimum absolute atomic E-state index is 0.119. The van der Waals surface area contributed by atoms with E-state index in [1.807, 2.05) is 24.3 Å². The van der Waals surface area contributed by atoms with Gasteiger partial charge in [0.25, 0.3) is 0 Å². The van der Waals surface area contributed by atoms with Gasteiger partial charge in [0.15, 0.2) is 6.61 Å². The number of ether oxygens (including phenoxy) is 2. The lowest BCUT2D eigenvalue weighted by molar-refractivity contribution is -0.145. The van der Waals surface area contributed by atoms with E-state index in [0.29, 0.717) is 22.9 Å². The van der Waals surface area contributed by atoms with Gasteiger partial charge in [-0.05, 0) is 30.2 Å². The largest absolute Gasteiger partial charge is 0.482 e. The molecule has 0 bridgehead atoms. The maximum atomic E-state index is 11.3. The molecule has 0 fully saturated rings. The van der Waals surface area contributed by atoms with Gasteiger partial charge in [0, 0.05) is 5.56 Å². The predicted molar refractivity (Wildman–Crippen MR) is 84.9 cm³/mol. The molecule has 4 nitrogen and oxygen atoms in total. The Hall–Kier alpha value is -2.04. The van der Waals surface area contributed by atoms with Crippen molar-refractivity contribution >= 4 is 17.6 Å². The van der Waals surface area contributed by atoms with Gasteiger partial charge in [0.1, 0.15) is 5.75 Å². The first-order valence-corrected chi connectivity index (χ1v) is 7.30. The predicted octanol–water partition coefficient (Wildman–Crippen LogP) is 3.44. The molecular weight excluding hydrogens is 304 g/mol. The third-order valence-electron chi connectivity index (χ3n) is 3.06. The van der Waals surface area contributed by atoms with Gasteiger partial charge in [-0.3, -0.25) is 0 Å². The van der Waals surface area contributed by atoms with Crippen molar-refractivity contribution in [3.8, 4) is 16.9 Å². The highest BCUT2D eigenvalue weighted by Crippen LogP contribution is 2.32. The molecule has 1 N–H and O–H groups in total. The van der Waals surface area contributed by atoms with Crippen LogP contribution < -0.4 is 4.74 Å². The summed E-state index contributed by atoms with van der Waals surface area (Å²) in [4.78, 5) is 11.3. The third-order valence-corrected chi connectivity index (χ3v) is 3.50. The lowest BCUT2D eigenvalue weighted by atomic mass is 10.0. The van der Waals surface area contributed by atoms with Crippen LogP contribution in [0.3, 0.4) is 0 Å². The molecule has 0 saturated heterocycles. The Labute approximate surface area is 134 Å². The monoisotopic (exact) mass is 320 g/mol. The van der Waals surface area contributed by atoms with Crippen molar-refractivity contribution in [1.29, 1.82) is 0 Å². The summed E-state index contributed by atoms with van der Waals surface area (Å²) >= 11 is 6.29. The average Bonchev–Trinajstić information content (AvgIpc) is 2.54. The lowest BCUT2D eigenvalue weighted by Gasteiger charge is -2.10. The van der Waals surface area contributed by atoms with E-state index in [1.165, 1.54) is 0 Å². The second-order valence-electron chi connectivity index (χ2n) is 4.56. The minimum Gasteiger partial charge on any atom is -0.482 e. The topological polar surface area (TPSA) is 55.8 Å².